The number of benzene rings is 1. The first-order valence-corrected chi connectivity index (χ1v) is 8.47. The lowest BCUT2D eigenvalue weighted by Crippen LogP contribution is -2.13. The molecule has 1 aromatic carbocycles. The summed E-state index contributed by atoms with van der Waals surface area (Å²) in [4.78, 5) is 3.15. The van der Waals surface area contributed by atoms with E-state index in [1.807, 2.05) is 23.0 Å². The quantitative estimate of drug-likeness (QED) is 0.723. The summed E-state index contributed by atoms with van der Waals surface area (Å²) in [6, 6.07) is 14.5. The lowest BCUT2D eigenvalue weighted by atomic mass is 10.1. The fraction of sp³-hybridized carbons (Fsp3) is 0.294. The average Bonchev–Trinajstić information content (AvgIpc) is 3.19. The molecule has 2 aromatic heterocycles. The second kappa shape index (κ2) is 7.33. The highest BCUT2D eigenvalue weighted by Gasteiger charge is 2.12. The van der Waals surface area contributed by atoms with E-state index in [1.165, 1.54) is 4.88 Å². The number of hydrogen-bond donors (Lipinski definition) is 1. The summed E-state index contributed by atoms with van der Waals surface area (Å²) < 4.78 is 0. The maximum atomic E-state index is 4.65. The molecule has 0 unspecified atom stereocenters. The number of aryl methyl sites for hydroxylation is 1. The molecule has 0 saturated carbocycles. The van der Waals surface area contributed by atoms with Gasteiger partial charge in [0.2, 0.25) is 0 Å². The van der Waals surface area contributed by atoms with Crippen LogP contribution in [-0.2, 0) is 19.6 Å². The summed E-state index contributed by atoms with van der Waals surface area (Å²) in [5.41, 5.74) is 3.11. The Hall–Kier alpha value is -1.98. The van der Waals surface area contributed by atoms with E-state index < -0.39 is 0 Å². The molecule has 0 atom stereocenters. The summed E-state index contributed by atoms with van der Waals surface area (Å²) in [5, 5.41) is 14.9. The Kier molecular flexibility index (Phi) is 4.98. The van der Waals surface area contributed by atoms with Gasteiger partial charge in [0, 0.05) is 23.5 Å². The minimum Gasteiger partial charge on any atom is -0.306 e. The molecule has 0 aliphatic carbocycles. The minimum atomic E-state index is 0.728. The predicted octanol–water partition coefficient (Wildman–Crippen LogP) is 3.71. The van der Waals surface area contributed by atoms with E-state index in [9.17, 15) is 0 Å². The molecule has 0 amide bonds. The molecular weight excluding hydrogens is 292 g/mol. The van der Waals surface area contributed by atoms with Gasteiger partial charge in [0.1, 0.15) is 11.4 Å². The van der Waals surface area contributed by atoms with Crippen LogP contribution in [0.25, 0.3) is 11.3 Å². The Labute approximate surface area is 134 Å². The largest absolute Gasteiger partial charge is 0.306 e. The maximum Gasteiger partial charge on any atom is 0.117 e. The first-order valence-electron chi connectivity index (χ1n) is 7.59. The van der Waals surface area contributed by atoms with E-state index in [2.05, 4.69) is 52.1 Å². The van der Waals surface area contributed by atoms with Gasteiger partial charge in [-0.1, -0.05) is 43.3 Å². The van der Waals surface area contributed by atoms with Crippen LogP contribution in [0.4, 0.5) is 0 Å². The molecule has 0 spiro atoms. The van der Waals surface area contributed by atoms with Crippen LogP contribution < -0.4 is 5.32 Å². The molecular formula is C17H20N4S. The summed E-state index contributed by atoms with van der Waals surface area (Å²) >= 11 is 1.77. The molecule has 0 saturated heterocycles. The molecule has 0 fully saturated rings. The van der Waals surface area contributed by atoms with E-state index in [4.69, 9.17) is 0 Å². The lowest BCUT2D eigenvalue weighted by Gasteiger charge is -2.02. The molecule has 0 bridgehead atoms. The number of hydrogen-bond acceptors (Lipinski definition) is 4. The minimum absolute atomic E-state index is 0.728. The second-order valence-corrected chi connectivity index (χ2v) is 6.17. The second-order valence-electron chi connectivity index (χ2n) is 5.14. The van der Waals surface area contributed by atoms with Gasteiger partial charge < -0.3 is 5.32 Å². The highest BCUT2D eigenvalue weighted by atomic mass is 32.1. The molecule has 3 rings (SSSR count). The Morgan fingerprint density at radius 1 is 1.05 bits per heavy atom. The Morgan fingerprint density at radius 2 is 1.91 bits per heavy atom. The fourth-order valence-corrected chi connectivity index (χ4v) is 3.01. The first-order chi connectivity index (χ1) is 10.9. The predicted molar refractivity (Wildman–Crippen MR) is 90.6 cm³/mol. The fourth-order valence-electron chi connectivity index (χ4n) is 2.34. The number of rotatable bonds is 7. The molecule has 0 aliphatic heterocycles. The topological polar surface area (TPSA) is 42.7 Å². The summed E-state index contributed by atoms with van der Waals surface area (Å²) in [6.07, 6.45) is 1.03. The highest BCUT2D eigenvalue weighted by molar-refractivity contribution is 7.09. The summed E-state index contributed by atoms with van der Waals surface area (Å²) in [5.74, 6) is 0. The lowest BCUT2D eigenvalue weighted by molar-refractivity contribution is 0.521. The summed E-state index contributed by atoms with van der Waals surface area (Å²) in [7, 11) is 0. The van der Waals surface area contributed by atoms with Crippen molar-refractivity contribution >= 4 is 11.3 Å². The normalized spacial score (nSPS) is 11.0. The monoisotopic (exact) mass is 312 g/mol. The van der Waals surface area contributed by atoms with Crippen molar-refractivity contribution in [3.05, 3.63) is 58.4 Å². The van der Waals surface area contributed by atoms with Gasteiger partial charge in [0.15, 0.2) is 0 Å². The third kappa shape index (κ3) is 3.61. The van der Waals surface area contributed by atoms with Gasteiger partial charge in [-0.05, 0) is 17.9 Å². The highest BCUT2D eigenvalue weighted by Crippen LogP contribution is 2.20. The molecule has 1 N–H and O–H groups in total. The summed E-state index contributed by atoms with van der Waals surface area (Å²) in [6.45, 7) is 4.59. The smallest absolute Gasteiger partial charge is 0.117 e. The van der Waals surface area contributed by atoms with Gasteiger partial charge in [-0.15, -0.1) is 11.3 Å². The molecule has 3 aromatic rings. The van der Waals surface area contributed by atoms with Gasteiger partial charge in [0.05, 0.1) is 6.54 Å². The van der Waals surface area contributed by atoms with Crippen LogP contribution in [0.15, 0.2) is 47.8 Å². The Bertz CT molecular complexity index is 689. The molecule has 114 valence electrons. The van der Waals surface area contributed by atoms with Crippen molar-refractivity contribution < 1.29 is 0 Å². The van der Waals surface area contributed by atoms with E-state index in [-0.39, 0.29) is 0 Å². The third-order valence-electron chi connectivity index (χ3n) is 3.37. The standard InChI is InChI=1S/C17H20N4S/c1-2-10-21-19-16(13-18-12-15-9-6-11-22-15)17(20-21)14-7-4-3-5-8-14/h3-9,11,18H,2,10,12-13H2,1H3. The first kappa shape index (κ1) is 14.9. The molecule has 4 nitrogen and oxygen atoms in total. The number of nitrogens with one attached hydrogen (secondary N) is 1. The SMILES string of the molecule is CCCn1nc(CNCc2cccs2)c(-c2ccccc2)n1. The van der Waals surface area contributed by atoms with Gasteiger partial charge in [-0.3, -0.25) is 0 Å². The van der Waals surface area contributed by atoms with Crippen LogP contribution in [0.5, 0.6) is 0 Å². The van der Waals surface area contributed by atoms with Crippen LogP contribution in [-0.4, -0.2) is 15.0 Å². The average molecular weight is 312 g/mol. The van der Waals surface area contributed by atoms with Crippen LogP contribution in [0, 0.1) is 0 Å². The van der Waals surface area contributed by atoms with Gasteiger partial charge >= 0.3 is 0 Å². The van der Waals surface area contributed by atoms with E-state index >= 15 is 0 Å². The Morgan fingerprint density at radius 3 is 2.64 bits per heavy atom. The van der Waals surface area contributed by atoms with Gasteiger partial charge in [0.25, 0.3) is 0 Å². The van der Waals surface area contributed by atoms with Crippen LogP contribution in [0.3, 0.4) is 0 Å². The van der Waals surface area contributed by atoms with E-state index in [0.29, 0.717) is 0 Å². The zero-order valence-corrected chi connectivity index (χ0v) is 13.5. The molecule has 2 heterocycles. The van der Waals surface area contributed by atoms with Crippen LogP contribution >= 0.6 is 11.3 Å². The van der Waals surface area contributed by atoms with Crippen molar-refractivity contribution in [2.24, 2.45) is 0 Å². The third-order valence-corrected chi connectivity index (χ3v) is 4.24. The number of thiophene rings is 1. The zero-order chi connectivity index (χ0) is 15.2. The van der Waals surface area contributed by atoms with Crippen LogP contribution in [0.1, 0.15) is 23.9 Å². The van der Waals surface area contributed by atoms with E-state index in [0.717, 1.165) is 43.0 Å². The number of nitrogens with zero attached hydrogens (tertiary/aromatic N) is 3. The van der Waals surface area contributed by atoms with Crippen molar-refractivity contribution in [2.45, 2.75) is 33.0 Å². The molecule has 22 heavy (non-hydrogen) atoms. The number of aromatic nitrogens is 3. The zero-order valence-electron chi connectivity index (χ0n) is 12.7. The Balaban J connectivity index is 1.76. The van der Waals surface area contributed by atoms with Crippen molar-refractivity contribution in [1.29, 1.82) is 0 Å². The maximum absolute atomic E-state index is 4.65. The van der Waals surface area contributed by atoms with E-state index in [1.54, 1.807) is 11.3 Å². The van der Waals surface area contributed by atoms with Crippen LogP contribution in [0.2, 0.25) is 0 Å². The van der Waals surface area contributed by atoms with Gasteiger partial charge in [-0.25, -0.2) is 0 Å². The van der Waals surface area contributed by atoms with Gasteiger partial charge in [-0.2, -0.15) is 15.0 Å². The molecule has 0 aliphatic rings. The van der Waals surface area contributed by atoms with Crippen molar-refractivity contribution in [1.82, 2.24) is 20.3 Å². The van der Waals surface area contributed by atoms with Crippen molar-refractivity contribution in [2.75, 3.05) is 0 Å². The van der Waals surface area contributed by atoms with Crippen molar-refractivity contribution in [3.8, 4) is 11.3 Å². The molecule has 0 radical (unpaired) electrons. The molecule has 5 heteroatoms. The van der Waals surface area contributed by atoms with Crippen molar-refractivity contribution in [3.63, 3.8) is 0 Å².